The third-order valence-corrected chi connectivity index (χ3v) is 3.83. The molecule has 148 valence electrons. The average molecular weight is 398 g/mol. The molecule has 5 N–H and O–H groups in total. The molecular formula is C19H15FN4O5. The van der Waals surface area contributed by atoms with Gasteiger partial charge in [0.1, 0.15) is 11.6 Å². The molecular weight excluding hydrogens is 383 g/mol. The Kier molecular flexibility index (Phi) is 5.54. The Morgan fingerprint density at radius 1 is 1.14 bits per heavy atom. The Morgan fingerprint density at radius 3 is 2.62 bits per heavy atom. The molecule has 1 heterocycles. The number of hydrogen-bond acceptors (Lipinski definition) is 5. The van der Waals surface area contributed by atoms with E-state index in [4.69, 9.17) is 5.11 Å². The van der Waals surface area contributed by atoms with E-state index in [0.29, 0.717) is 16.8 Å². The molecule has 3 rings (SSSR count). The number of carbonyl (C=O) groups is 2. The molecule has 0 fully saturated rings. The van der Waals surface area contributed by atoms with Gasteiger partial charge in [-0.3, -0.25) is 4.79 Å². The fraction of sp³-hybridized carbons (Fsp3) is 0.0526. The maximum Gasteiger partial charge on any atom is 0.358 e. The van der Waals surface area contributed by atoms with Crippen LogP contribution in [0.25, 0.3) is 11.4 Å². The number of amides is 2. The van der Waals surface area contributed by atoms with Crippen LogP contribution in [0.1, 0.15) is 16.1 Å². The van der Waals surface area contributed by atoms with Crippen LogP contribution >= 0.6 is 0 Å². The molecule has 1 aromatic heterocycles. The van der Waals surface area contributed by atoms with Gasteiger partial charge in [0.25, 0.3) is 5.56 Å². The zero-order valence-corrected chi connectivity index (χ0v) is 14.8. The van der Waals surface area contributed by atoms with Gasteiger partial charge in [0.2, 0.25) is 5.75 Å². The van der Waals surface area contributed by atoms with Gasteiger partial charge >= 0.3 is 12.0 Å². The summed E-state index contributed by atoms with van der Waals surface area (Å²) in [5.41, 5.74) is -0.547. The van der Waals surface area contributed by atoms with Gasteiger partial charge in [-0.05, 0) is 29.8 Å². The second kappa shape index (κ2) is 8.21. The minimum atomic E-state index is -1.55. The number of nitrogens with zero attached hydrogens (tertiary/aromatic N) is 1. The van der Waals surface area contributed by atoms with Crippen LogP contribution < -0.4 is 16.2 Å². The average Bonchev–Trinajstić information content (AvgIpc) is 2.68. The second-order valence-electron chi connectivity index (χ2n) is 5.94. The monoisotopic (exact) mass is 398 g/mol. The van der Waals surface area contributed by atoms with Crippen molar-refractivity contribution in [2.24, 2.45) is 0 Å². The van der Waals surface area contributed by atoms with Gasteiger partial charge < -0.3 is 25.8 Å². The fourth-order valence-electron chi connectivity index (χ4n) is 2.50. The molecule has 0 aliphatic carbocycles. The maximum atomic E-state index is 13.2. The number of aromatic nitrogens is 2. The van der Waals surface area contributed by atoms with Crippen LogP contribution in [0.15, 0.2) is 53.3 Å². The fourth-order valence-corrected chi connectivity index (χ4v) is 2.50. The molecule has 10 heteroatoms. The van der Waals surface area contributed by atoms with Crippen LogP contribution in [-0.4, -0.2) is 32.2 Å². The molecule has 0 radical (unpaired) electrons. The summed E-state index contributed by atoms with van der Waals surface area (Å²) in [6.07, 6.45) is 0. The van der Waals surface area contributed by atoms with Crippen LogP contribution in [0, 0.1) is 5.82 Å². The number of benzene rings is 2. The van der Waals surface area contributed by atoms with Crippen LogP contribution in [0.3, 0.4) is 0 Å². The summed E-state index contributed by atoms with van der Waals surface area (Å²) in [5.74, 6) is -3.05. The van der Waals surface area contributed by atoms with E-state index in [-0.39, 0.29) is 12.4 Å². The van der Waals surface area contributed by atoms with Gasteiger partial charge in [0.15, 0.2) is 5.69 Å². The summed E-state index contributed by atoms with van der Waals surface area (Å²) >= 11 is 0. The number of nitrogens with one attached hydrogen (secondary N) is 3. The number of carboxylic acids is 1. The van der Waals surface area contributed by atoms with Gasteiger partial charge in [0.05, 0.1) is 0 Å². The van der Waals surface area contributed by atoms with E-state index in [2.05, 4.69) is 20.6 Å². The van der Waals surface area contributed by atoms with Crippen LogP contribution in [0.5, 0.6) is 5.75 Å². The number of rotatable bonds is 5. The first kappa shape index (κ1) is 19.5. The zero-order valence-electron chi connectivity index (χ0n) is 14.8. The van der Waals surface area contributed by atoms with Crippen molar-refractivity contribution < 1.29 is 24.2 Å². The predicted octanol–water partition coefficient (Wildman–Crippen LogP) is 2.30. The van der Waals surface area contributed by atoms with Crippen molar-refractivity contribution in [3.63, 3.8) is 0 Å². The summed E-state index contributed by atoms with van der Waals surface area (Å²) in [5, 5.41) is 23.7. The van der Waals surface area contributed by atoms with Gasteiger partial charge in [-0.2, -0.15) is 0 Å². The number of carboxylic acid groups (broad SMARTS) is 1. The molecule has 0 saturated heterocycles. The molecule has 0 bridgehead atoms. The van der Waals surface area contributed by atoms with E-state index in [1.165, 1.54) is 30.3 Å². The second-order valence-corrected chi connectivity index (χ2v) is 5.94. The lowest BCUT2D eigenvalue weighted by Crippen LogP contribution is -2.28. The summed E-state index contributed by atoms with van der Waals surface area (Å²) in [6.45, 7) is 0.109. The highest BCUT2D eigenvalue weighted by Crippen LogP contribution is 2.20. The Bertz CT molecular complexity index is 1150. The minimum absolute atomic E-state index is 0.0889. The van der Waals surface area contributed by atoms with Crippen LogP contribution in [0.2, 0.25) is 0 Å². The smallest absolute Gasteiger partial charge is 0.358 e. The SMILES string of the molecule is O=C(NCc1cccc(F)c1)Nc1cccc(-c2nc(C(=O)O)c(O)c(=O)[nH]2)c1. The molecule has 0 unspecified atom stereocenters. The molecule has 2 amide bonds. The number of aromatic carboxylic acids is 1. The molecule has 29 heavy (non-hydrogen) atoms. The summed E-state index contributed by atoms with van der Waals surface area (Å²) in [7, 11) is 0. The van der Waals surface area contributed by atoms with Crippen molar-refractivity contribution in [1.29, 1.82) is 0 Å². The highest BCUT2D eigenvalue weighted by Gasteiger charge is 2.17. The Morgan fingerprint density at radius 2 is 1.90 bits per heavy atom. The summed E-state index contributed by atoms with van der Waals surface area (Å²) < 4.78 is 13.2. The molecule has 0 aliphatic rings. The predicted molar refractivity (Wildman–Crippen MR) is 101 cm³/mol. The standard InChI is InChI=1S/C19H15FN4O5/c20-12-5-1-3-10(7-12)9-21-19(29)22-13-6-2-4-11(8-13)16-23-14(18(27)28)15(25)17(26)24-16/h1-8,25H,9H2,(H,27,28)(H2,21,22,29)(H,23,24,26). The molecule has 0 spiro atoms. The third-order valence-electron chi connectivity index (χ3n) is 3.83. The Hall–Kier alpha value is -4.21. The highest BCUT2D eigenvalue weighted by molar-refractivity contribution is 5.90. The van der Waals surface area contributed by atoms with E-state index in [1.807, 2.05) is 0 Å². The van der Waals surface area contributed by atoms with Gasteiger partial charge in [-0.15, -0.1) is 0 Å². The first-order valence-electron chi connectivity index (χ1n) is 8.30. The van der Waals surface area contributed by atoms with E-state index in [0.717, 1.165) is 0 Å². The van der Waals surface area contributed by atoms with Crippen molar-refractivity contribution in [3.05, 3.63) is 76.0 Å². The number of halogens is 1. The van der Waals surface area contributed by atoms with E-state index in [9.17, 15) is 23.9 Å². The molecule has 9 nitrogen and oxygen atoms in total. The normalized spacial score (nSPS) is 10.4. The van der Waals surface area contributed by atoms with E-state index in [1.54, 1.807) is 18.2 Å². The lowest BCUT2D eigenvalue weighted by Gasteiger charge is -2.09. The van der Waals surface area contributed by atoms with Crippen molar-refractivity contribution in [2.45, 2.75) is 6.54 Å². The number of urea groups is 1. The lowest BCUT2D eigenvalue weighted by molar-refractivity contribution is 0.0686. The van der Waals surface area contributed by atoms with Crippen molar-refractivity contribution >= 4 is 17.7 Å². The first-order valence-corrected chi connectivity index (χ1v) is 8.30. The van der Waals surface area contributed by atoms with Gasteiger partial charge in [-0.1, -0.05) is 24.3 Å². The topological polar surface area (TPSA) is 144 Å². The van der Waals surface area contributed by atoms with Crippen molar-refractivity contribution in [2.75, 3.05) is 5.32 Å². The quantitative estimate of drug-likeness (QED) is 0.446. The van der Waals surface area contributed by atoms with E-state index < -0.39 is 34.8 Å². The maximum absolute atomic E-state index is 13.2. The zero-order chi connectivity index (χ0) is 21.0. The number of aromatic hydroxyl groups is 1. The summed E-state index contributed by atoms with van der Waals surface area (Å²) in [6, 6.07) is 11.4. The van der Waals surface area contributed by atoms with Crippen molar-refractivity contribution in [1.82, 2.24) is 15.3 Å². The number of anilines is 1. The summed E-state index contributed by atoms with van der Waals surface area (Å²) in [4.78, 5) is 40.9. The molecule has 0 atom stereocenters. The number of aromatic amines is 1. The Balaban J connectivity index is 1.75. The van der Waals surface area contributed by atoms with Crippen LogP contribution in [0.4, 0.5) is 14.9 Å². The molecule has 0 aliphatic heterocycles. The van der Waals surface area contributed by atoms with E-state index >= 15 is 0 Å². The number of carbonyl (C=O) groups excluding carboxylic acids is 1. The molecule has 2 aromatic carbocycles. The van der Waals surface area contributed by atoms with Crippen LogP contribution in [-0.2, 0) is 6.54 Å². The van der Waals surface area contributed by atoms with Gasteiger partial charge in [0, 0.05) is 17.8 Å². The molecule has 0 saturated carbocycles. The minimum Gasteiger partial charge on any atom is -0.501 e. The molecule has 3 aromatic rings. The largest absolute Gasteiger partial charge is 0.501 e. The first-order chi connectivity index (χ1) is 13.8. The van der Waals surface area contributed by atoms with Crippen molar-refractivity contribution in [3.8, 4) is 17.1 Å². The third kappa shape index (κ3) is 4.75. The number of H-pyrrole nitrogens is 1. The number of hydrogen-bond donors (Lipinski definition) is 5. The Labute approximate surface area is 162 Å². The highest BCUT2D eigenvalue weighted by atomic mass is 19.1. The lowest BCUT2D eigenvalue weighted by atomic mass is 10.2. The van der Waals surface area contributed by atoms with Gasteiger partial charge in [-0.25, -0.2) is 19.0 Å².